The van der Waals surface area contributed by atoms with Crippen LogP contribution in [0.2, 0.25) is 0 Å². The van der Waals surface area contributed by atoms with Crippen molar-refractivity contribution < 1.29 is 9.90 Å². The number of hydrogen-bond acceptors (Lipinski definition) is 3. The topological polar surface area (TPSA) is 40.5 Å². The fourth-order valence-electron chi connectivity index (χ4n) is 1.57. The smallest absolute Gasteiger partial charge is 0.232 e. The van der Waals surface area contributed by atoms with E-state index in [-0.39, 0.29) is 22.4 Å². The average molecular weight is 281 g/mol. The van der Waals surface area contributed by atoms with Gasteiger partial charge in [0, 0.05) is 11.8 Å². The Morgan fingerprint density at radius 3 is 2.32 bits per heavy atom. The van der Waals surface area contributed by atoms with Crippen LogP contribution < -0.4 is 0 Å². The van der Waals surface area contributed by atoms with E-state index in [1.54, 1.807) is 28.8 Å². The molecule has 0 saturated carbocycles. The highest BCUT2D eigenvalue weighted by Gasteiger charge is 2.20. The third-order valence-electron chi connectivity index (χ3n) is 2.98. The van der Waals surface area contributed by atoms with Gasteiger partial charge in [0.05, 0.1) is 11.8 Å². The molecular formula is C15H23NO2S. The van der Waals surface area contributed by atoms with Crippen LogP contribution in [-0.4, -0.2) is 33.5 Å². The minimum absolute atomic E-state index is 0.00803. The molecule has 0 radical (unpaired) electrons. The summed E-state index contributed by atoms with van der Waals surface area (Å²) in [6, 6.07) is 7.00. The van der Waals surface area contributed by atoms with Crippen LogP contribution in [0.5, 0.6) is 5.75 Å². The lowest BCUT2D eigenvalue weighted by molar-refractivity contribution is -0.128. The van der Waals surface area contributed by atoms with E-state index < -0.39 is 0 Å². The average Bonchev–Trinajstić information content (AvgIpc) is 2.34. The number of rotatable bonds is 4. The number of carbonyl (C=O) groups is 1. The molecule has 4 heteroatoms. The highest BCUT2D eigenvalue weighted by atomic mass is 32.2. The number of carbonyl (C=O) groups excluding carboxylic acids is 1. The summed E-state index contributed by atoms with van der Waals surface area (Å²) in [5, 5.41) is 9.28. The van der Waals surface area contributed by atoms with E-state index in [1.165, 1.54) is 0 Å². The molecular weight excluding hydrogens is 258 g/mol. The minimum atomic E-state index is 0.00803. The van der Waals surface area contributed by atoms with Crippen LogP contribution in [0.25, 0.3) is 0 Å². The highest BCUT2D eigenvalue weighted by Crippen LogP contribution is 2.26. The number of phenols is 1. The van der Waals surface area contributed by atoms with Gasteiger partial charge >= 0.3 is 0 Å². The first kappa shape index (κ1) is 15.9. The second-order valence-electron chi connectivity index (χ2n) is 5.67. The first-order valence-electron chi connectivity index (χ1n) is 6.39. The summed E-state index contributed by atoms with van der Waals surface area (Å²) in [5.41, 5.74) is 1.02. The minimum Gasteiger partial charge on any atom is -0.508 e. The molecule has 0 heterocycles. The zero-order valence-corrected chi connectivity index (χ0v) is 13.1. The lowest BCUT2D eigenvalue weighted by Crippen LogP contribution is -2.32. The van der Waals surface area contributed by atoms with Gasteiger partial charge in [0.1, 0.15) is 5.75 Å². The van der Waals surface area contributed by atoms with Crippen molar-refractivity contribution in [1.29, 1.82) is 0 Å². The molecule has 1 N–H and O–H groups in total. The summed E-state index contributed by atoms with van der Waals surface area (Å²) in [4.78, 5) is 13.9. The van der Waals surface area contributed by atoms with Gasteiger partial charge in [-0.25, -0.2) is 0 Å². The molecule has 1 atom stereocenters. The third-order valence-corrected chi connectivity index (χ3v) is 4.24. The summed E-state index contributed by atoms with van der Waals surface area (Å²) < 4.78 is 0.0955. The largest absolute Gasteiger partial charge is 0.508 e. The van der Waals surface area contributed by atoms with Gasteiger partial charge in [-0.3, -0.25) is 4.79 Å². The molecule has 3 nitrogen and oxygen atoms in total. The zero-order valence-electron chi connectivity index (χ0n) is 12.3. The van der Waals surface area contributed by atoms with Crippen molar-refractivity contribution in [2.45, 2.75) is 38.5 Å². The van der Waals surface area contributed by atoms with Crippen LogP contribution in [0.15, 0.2) is 24.3 Å². The number of hydrogen-bond donors (Lipinski definition) is 1. The molecule has 0 spiro atoms. The molecule has 0 fully saturated rings. The highest BCUT2D eigenvalue weighted by molar-refractivity contribution is 8.01. The first-order chi connectivity index (χ1) is 8.70. The fraction of sp³-hybridized carbons (Fsp3) is 0.533. The maximum atomic E-state index is 12.1. The second-order valence-corrected chi connectivity index (χ2v) is 7.48. The molecule has 1 rings (SSSR count). The third kappa shape index (κ3) is 5.15. The van der Waals surface area contributed by atoms with Crippen molar-refractivity contribution >= 4 is 17.7 Å². The van der Waals surface area contributed by atoms with Gasteiger partial charge in [-0.15, -0.1) is 11.8 Å². The van der Waals surface area contributed by atoms with Gasteiger partial charge in [-0.2, -0.15) is 0 Å². The van der Waals surface area contributed by atoms with Crippen LogP contribution in [-0.2, 0) is 4.79 Å². The molecule has 0 bridgehead atoms. The van der Waals surface area contributed by atoms with Crippen molar-refractivity contribution in [2.24, 2.45) is 0 Å². The molecule has 19 heavy (non-hydrogen) atoms. The normalized spacial score (nSPS) is 13.1. The van der Waals surface area contributed by atoms with Crippen LogP contribution in [0.4, 0.5) is 0 Å². The molecule has 1 aromatic rings. The summed E-state index contributed by atoms with van der Waals surface area (Å²) in [7, 11) is 1.82. The van der Waals surface area contributed by atoms with Crippen molar-refractivity contribution in [2.75, 3.05) is 12.8 Å². The number of nitrogens with zero attached hydrogens (tertiary/aromatic N) is 1. The van der Waals surface area contributed by atoms with E-state index in [0.29, 0.717) is 5.75 Å². The van der Waals surface area contributed by atoms with E-state index in [4.69, 9.17) is 0 Å². The Kier molecular flexibility index (Phi) is 5.29. The number of benzene rings is 1. The predicted octanol–water partition coefficient (Wildman–Crippen LogP) is 3.44. The molecule has 1 unspecified atom stereocenters. The molecule has 0 aliphatic rings. The number of aromatic hydroxyl groups is 1. The summed E-state index contributed by atoms with van der Waals surface area (Å²) in [6.45, 7) is 8.31. The number of thioether (sulfide) groups is 1. The van der Waals surface area contributed by atoms with Gasteiger partial charge in [-0.05, 0) is 24.6 Å². The summed E-state index contributed by atoms with van der Waals surface area (Å²) in [5.74, 6) is 0.858. The van der Waals surface area contributed by atoms with Gasteiger partial charge < -0.3 is 10.0 Å². The quantitative estimate of drug-likeness (QED) is 0.919. The second kappa shape index (κ2) is 6.33. The van der Waals surface area contributed by atoms with Gasteiger partial charge in [-0.1, -0.05) is 32.9 Å². The zero-order chi connectivity index (χ0) is 14.6. The molecule has 0 saturated heterocycles. The SMILES string of the molecule is CC(c1ccc(O)cc1)N(C)C(=O)CSC(C)(C)C. The first-order valence-corrected chi connectivity index (χ1v) is 7.38. The van der Waals surface area contributed by atoms with Gasteiger partial charge in [0.25, 0.3) is 0 Å². The lowest BCUT2D eigenvalue weighted by atomic mass is 10.1. The van der Waals surface area contributed by atoms with Crippen LogP contribution in [0.1, 0.15) is 39.3 Å². The standard InChI is InChI=1S/C15H23NO2S/c1-11(12-6-8-13(17)9-7-12)16(5)14(18)10-19-15(2,3)4/h6-9,11,17H,10H2,1-5H3. The maximum Gasteiger partial charge on any atom is 0.232 e. The summed E-state index contributed by atoms with van der Waals surface area (Å²) in [6.07, 6.45) is 0. The van der Waals surface area contributed by atoms with E-state index in [1.807, 2.05) is 26.1 Å². The number of phenolic OH excluding ortho intramolecular Hbond substituents is 1. The Balaban J connectivity index is 2.63. The van der Waals surface area contributed by atoms with Crippen molar-refractivity contribution in [1.82, 2.24) is 4.90 Å². The summed E-state index contributed by atoms with van der Waals surface area (Å²) >= 11 is 1.65. The number of amides is 1. The molecule has 0 aliphatic heterocycles. The monoisotopic (exact) mass is 281 g/mol. The van der Waals surface area contributed by atoms with Crippen LogP contribution >= 0.6 is 11.8 Å². The van der Waals surface area contributed by atoms with Crippen molar-refractivity contribution in [3.05, 3.63) is 29.8 Å². The van der Waals surface area contributed by atoms with E-state index >= 15 is 0 Å². The van der Waals surface area contributed by atoms with Crippen LogP contribution in [0.3, 0.4) is 0 Å². The molecule has 0 aliphatic carbocycles. The Hall–Kier alpha value is -1.16. The Labute approximate surface area is 120 Å². The predicted molar refractivity (Wildman–Crippen MR) is 81.5 cm³/mol. The Morgan fingerprint density at radius 2 is 1.84 bits per heavy atom. The van der Waals surface area contributed by atoms with Crippen molar-refractivity contribution in [3.63, 3.8) is 0 Å². The van der Waals surface area contributed by atoms with Crippen molar-refractivity contribution in [3.8, 4) is 5.75 Å². The Bertz CT molecular complexity index is 423. The van der Waals surface area contributed by atoms with E-state index in [2.05, 4.69) is 20.8 Å². The lowest BCUT2D eigenvalue weighted by Gasteiger charge is -2.27. The molecule has 106 valence electrons. The Morgan fingerprint density at radius 1 is 1.32 bits per heavy atom. The van der Waals surface area contributed by atoms with Gasteiger partial charge in [0.15, 0.2) is 0 Å². The molecule has 1 aromatic carbocycles. The fourth-order valence-corrected chi connectivity index (χ4v) is 2.33. The van der Waals surface area contributed by atoms with Gasteiger partial charge in [0.2, 0.25) is 5.91 Å². The van der Waals surface area contributed by atoms with Crippen LogP contribution in [0, 0.1) is 0 Å². The van der Waals surface area contributed by atoms with E-state index in [9.17, 15) is 9.90 Å². The van der Waals surface area contributed by atoms with E-state index in [0.717, 1.165) is 5.56 Å². The molecule has 0 aromatic heterocycles. The molecule has 1 amide bonds. The maximum absolute atomic E-state index is 12.1.